The van der Waals surface area contributed by atoms with Crippen molar-refractivity contribution >= 4 is 18.0 Å². The summed E-state index contributed by atoms with van der Waals surface area (Å²) in [4.78, 5) is 39.6. The Morgan fingerprint density at radius 3 is 2.31 bits per heavy atom. The van der Waals surface area contributed by atoms with Crippen molar-refractivity contribution in [3.05, 3.63) is 59.7 Å². The smallest absolute Gasteiger partial charge is 0.407 e. The van der Waals surface area contributed by atoms with E-state index in [0.717, 1.165) is 35.1 Å². The molecule has 0 spiro atoms. The zero-order chi connectivity index (χ0) is 24.6. The number of nitrogens with one attached hydrogen (secondary N) is 1. The minimum absolute atomic E-state index is 0.0518. The summed E-state index contributed by atoms with van der Waals surface area (Å²) in [6, 6.07) is 15.6. The van der Waals surface area contributed by atoms with Crippen LogP contribution in [0.1, 0.15) is 56.1 Å². The highest BCUT2D eigenvalue weighted by atomic mass is 16.5. The zero-order valence-corrected chi connectivity index (χ0v) is 20.0. The zero-order valence-electron chi connectivity index (χ0n) is 20.0. The van der Waals surface area contributed by atoms with E-state index in [9.17, 15) is 19.5 Å². The maximum absolute atomic E-state index is 13.4. The fourth-order valence-corrected chi connectivity index (χ4v) is 5.51. The molecule has 1 aliphatic heterocycles. The Kier molecular flexibility index (Phi) is 6.26. The fourth-order valence-electron chi connectivity index (χ4n) is 5.51. The number of carbonyl (C=O) groups excluding carboxylic acids is 2. The molecule has 2 atom stereocenters. The molecule has 0 radical (unpaired) electrons. The van der Waals surface area contributed by atoms with Crippen molar-refractivity contribution < 1.29 is 24.2 Å². The Labute approximate surface area is 205 Å². The first-order valence-electron chi connectivity index (χ1n) is 12.5. The molecule has 2 amide bonds. The van der Waals surface area contributed by atoms with Crippen molar-refractivity contribution in [1.29, 1.82) is 0 Å². The normalized spacial score (nSPS) is 22.1. The monoisotopic (exact) mass is 476 g/mol. The van der Waals surface area contributed by atoms with Gasteiger partial charge in [0.15, 0.2) is 0 Å². The molecular formula is C28H32N2O5. The molecule has 184 valence electrons. The molecule has 2 aromatic carbocycles. The van der Waals surface area contributed by atoms with Crippen molar-refractivity contribution in [3.8, 4) is 11.1 Å². The van der Waals surface area contributed by atoms with Gasteiger partial charge >= 0.3 is 12.1 Å². The minimum Gasteiger partial charge on any atom is -0.481 e. The third-order valence-electron chi connectivity index (χ3n) is 7.72. The SMILES string of the molecule is CC1(C(=O)O)CCCN(C(=O)[C@H](CC2CC2)NC(=O)OCC2c3ccccc3-c3ccccc32)C1. The van der Waals surface area contributed by atoms with Gasteiger partial charge < -0.3 is 20.1 Å². The maximum Gasteiger partial charge on any atom is 0.407 e. The number of piperidine rings is 1. The summed E-state index contributed by atoms with van der Waals surface area (Å²) < 4.78 is 5.67. The number of aliphatic carboxylic acids is 1. The van der Waals surface area contributed by atoms with Crippen molar-refractivity contribution in [3.63, 3.8) is 0 Å². The van der Waals surface area contributed by atoms with E-state index in [-0.39, 0.29) is 25.0 Å². The molecule has 3 aliphatic rings. The Morgan fingerprint density at radius 1 is 1.09 bits per heavy atom. The van der Waals surface area contributed by atoms with Crippen molar-refractivity contribution in [1.82, 2.24) is 10.2 Å². The predicted octanol–water partition coefficient (Wildman–Crippen LogP) is 4.41. The number of ether oxygens (including phenoxy) is 1. The van der Waals surface area contributed by atoms with Crippen LogP contribution in [0.3, 0.4) is 0 Å². The number of fused-ring (bicyclic) bond motifs is 3. The second kappa shape index (κ2) is 9.36. The Morgan fingerprint density at radius 2 is 1.71 bits per heavy atom. The lowest BCUT2D eigenvalue weighted by atomic mass is 9.82. The van der Waals surface area contributed by atoms with Crippen molar-refractivity contribution in [2.75, 3.05) is 19.7 Å². The second-order valence-corrected chi connectivity index (χ2v) is 10.4. The van der Waals surface area contributed by atoms with E-state index in [2.05, 4.69) is 29.6 Å². The molecular weight excluding hydrogens is 444 g/mol. The first-order valence-corrected chi connectivity index (χ1v) is 12.5. The van der Waals surface area contributed by atoms with Crippen LogP contribution in [-0.4, -0.2) is 53.7 Å². The van der Waals surface area contributed by atoms with Gasteiger partial charge in [-0.15, -0.1) is 0 Å². The van der Waals surface area contributed by atoms with Crippen molar-refractivity contribution in [2.24, 2.45) is 11.3 Å². The fraction of sp³-hybridized carbons (Fsp3) is 0.464. The highest BCUT2D eigenvalue weighted by molar-refractivity contribution is 5.87. The molecule has 7 nitrogen and oxygen atoms in total. The first-order chi connectivity index (χ1) is 16.9. The van der Waals surface area contributed by atoms with E-state index in [1.807, 2.05) is 24.3 Å². The van der Waals surface area contributed by atoms with E-state index in [0.29, 0.717) is 31.7 Å². The highest BCUT2D eigenvalue weighted by Crippen LogP contribution is 2.44. The molecule has 1 saturated heterocycles. The third kappa shape index (κ3) is 4.77. The number of likely N-dealkylation sites (tertiary alicyclic amines) is 1. The Balaban J connectivity index is 1.25. The molecule has 2 N–H and O–H groups in total. The molecule has 2 aromatic rings. The third-order valence-corrected chi connectivity index (χ3v) is 7.72. The van der Waals surface area contributed by atoms with Crippen molar-refractivity contribution in [2.45, 2.75) is 51.0 Å². The van der Waals surface area contributed by atoms with Gasteiger partial charge in [0.2, 0.25) is 5.91 Å². The molecule has 1 heterocycles. The van der Waals surface area contributed by atoms with Crippen LogP contribution in [-0.2, 0) is 14.3 Å². The molecule has 5 rings (SSSR count). The van der Waals surface area contributed by atoms with Crippen LogP contribution in [0.25, 0.3) is 11.1 Å². The summed E-state index contributed by atoms with van der Waals surface area (Å²) in [7, 11) is 0. The van der Waals surface area contributed by atoms with Gasteiger partial charge in [0.1, 0.15) is 12.6 Å². The standard InChI is InChI=1S/C28H32N2O5/c1-28(26(32)33)13-6-14-30(17-28)25(31)24(15-18-11-12-18)29-27(34)35-16-23-21-9-4-2-7-19(21)20-8-3-5-10-22(20)23/h2-5,7-10,18,23-24H,6,11-17H2,1H3,(H,29,34)(H,32,33)/t24-,28?/m0/s1. The largest absolute Gasteiger partial charge is 0.481 e. The lowest BCUT2D eigenvalue weighted by molar-refractivity contribution is -0.154. The van der Waals surface area contributed by atoms with Crippen LogP contribution in [0.15, 0.2) is 48.5 Å². The molecule has 0 bridgehead atoms. The van der Waals surface area contributed by atoms with Crippen LogP contribution < -0.4 is 5.32 Å². The van der Waals surface area contributed by atoms with Gasteiger partial charge in [-0.1, -0.05) is 61.4 Å². The van der Waals surface area contributed by atoms with Crippen LogP contribution >= 0.6 is 0 Å². The summed E-state index contributed by atoms with van der Waals surface area (Å²) in [5.41, 5.74) is 3.62. The lowest BCUT2D eigenvalue weighted by Crippen LogP contribution is -2.55. The van der Waals surface area contributed by atoms with E-state index >= 15 is 0 Å². The number of carboxylic acids is 1. The molecule has 2 aliphatic carbocycles. The predicted molar refractivity (Wildman–Crippen MR) is 131 cm³/mol. The van der Waals surface area contributed by atoms with E-state index in [1.165, 1.54) is 0 Å². The Bertz CT molecular complexity index is 1100. The summed E-state index contributed by atoms with van der Waals surface area (Å²) in [5, 5.41) is 12.4. The number of benzene rings is 2. The number of carbonyl (C=O) groups is 3. The average molecular weight is 477 g/mol. The maximum atomic E-state index is 13.4. The molecule has 0 aromatic heterocycles. The van der Waals surface area contributed by atoms with E-state index in [1.54, 1.807) is 11.8 Å². The van der Waals surface area contributed by atoms with Crippen LogP contribution in [0.5, 0.6) is 0 Å². The summed E-state index contributed by atoms with van der Waals surface area (Å²) in [6.07, 6.45) is 3.22. The number of carboxylic acid groups (broad SMARTS) is 1. The molecule has 7 heteroatoms. The highest BCUT2D eigenvalue weighted by Gasteiger charge is 2.42. The lowest BCUT2D eigenvalue weighted by Gasteiger charge is -2.39. The number of alkyl carbamates (subject to hydrolysis) is 1. The molecule has 1 saturated carbocycles. The van der Waals surface area contributed by atoms with Crippen LogP contribution in [0.4, 0.5) is 4.79 Å². The average Bonchev–Trinajstić information content (AvgIpc) is 3.62. The molecule has 1 unspecified atom stereocenters. The summed E-state index contributed by atoms with van der Waals surface area (Å²) in [5.74, 6) is -0.742. The minimum atomic E-state index is -0.957. The van der Waals surface area contributed by atoms with E-state index < -0.39 is 23.5 Å². The quantitative estimate of drug-likeness (QED) is 0.617. The van der Waals surface area contributed by atoms with Gasteiger partial charge in [-0.2, -0.15) is 0 Å². The van der Waals surface area contributed by atoms with Gasteiger partial charge in [0.05, 0.1) is 5.41 Å². The summed E-state index contributed by atoms with van der Waals surface area (Å²) in [6.45, 7) is 2.54. The number of hydrogen-bond acceptors (Lipinski definition) is 4. The van der Waals surface area contributed by atoms with Gasteiger partial charge in [-0.25, -0.2) is 4.79 Å². The molecule has 35 heavy (non-hydrogen) atoms. The van der Waals surface area contributed by atoms with Gasteiger partial charge in [-0.3, -0.25) is 9.59 Å². The first kappa shape index (κ1) is 23.4. The van der Waals surface area contributed by atoms with Gasteiger partial charge in [0.25, 0.3) is 0 Å². The number of amides is 2. The van der Waals surface area contributed by atoms with Gasteiger partial charge in [-0.05, 0) is 54.4 Å². The van der Waals surface area contributed by atoms with Crippen LogP contribution in [0.2, 0.25) is 0 Å². The number of rotatable bonds is 7. The Hall–Kier alpha value is -3.35. The number of nitrogens with zero attached hydrogens (tertiary/aromatic N) is 1. The topological polar surface area (TPSA) is 95.9 Å². The van der Waals surface area contributed by atoms with Crippen LogP contribution in [0, 0.1) is 11.3 Å². The molecule has 2 fully saturated rings. The second-order valence-electron chi connectivity index (χ2n) is 10.4. The van der Waals surface area contributed by atoms with Gasteiger partial charge in [0, 0.05) is 19.0 Å². The summed E-state index contributed by atoms with van der Waals surface area (Å²) >= 11 is 0. The van der Waals surface area contributed by atoms with E-state index in [4.69, 9.17) is 4.74 Å². The number of hydrogen-bond donors (Lipinski definition) is 2.